The van der Waals surface area contributed by atoms with Crippen LogP contribution < -0.4 is 10.1 Å². The van der Waals surface area contributed by atoms with E-state index >= 15 is 0 Å². The maximum absolute atomic E-state index is 13.4. The summed E-state index contributed by atoms with van der Waals surface area (Å²) in [5.41, 5.74) is 3.63. The molecule has 0 saturated heterocycles. The highest BCUT2D eigenvalue weighted by Gasteiger charge is 2.16. The molecule has 1 aromatic heterocycles. The van der Waals surface area contributed by atoms with E-state index in [0.29, 0.717) is 28.3 Å². The van der Waals surface area contributed by atoms with E-state index in [0.717, 1.165) is 5.56 Å². The molecule has 0 spiro atoms. The predicted molar refractivity (Wildman–Crippen MR) is 122 cm³/mol. The molecule has 0 bridgehead atoms. The SMILES string of the molecule is Cc1ccc(C(=O)Nc2cccc(-n3nc(OC(C)C)nc3-c3ccc(F)cc3)c2)cc1. The second kappa shape index (κ2) is 9.01. The Morgan fingerprint density at radius 2 is 1.75 bits per heavy atom. The molecule has 0 aliphatic heterocycles. The lowest BCUT2D eigenvalue weighted by molar-refractivity contribution is 0.102. The molecule has 1 N–H and O–H groups in total. The second-order valence-corrected chi connectivity index (χ2v) is 7.67. The molecule has 1 amide bonds. The van der Waals surface area contributed by atoms with Crippen LogP contribution in [0.1, 0.15) is 29.8 Å². The highest BCUT2D eigenvalue weighted by atomic mass is 19.1. The number of amides is 1. The Morgan fingerprint density at radius 1 is 1.03 bits per heavy atom. The molecule has 1 heterocycles. The summed E-state index contributed by atoms with van der Waals surface area (Å²) >= 11 is 0. The van der Waals surface area contributed by atoms with E-state index in [4.69, 9.17) is 4.74 Å². The quantitative estimate of drug-likeness (QED) is 0.443. The van der Waals surface area contributed by atoms with E-state index in [1.165, 1.54) is 12.1 Å². The van der Waals surface area contributed by atoms with Crippen LogP contribution in [0.15, 0.2) is 72.8 Å². The van der Waals surface area contributed by atoms with Crippen LogP contribution in [-0.4, -0.2) is 26.8 Å². The highest BCUT2D eigenvalue weighted by molar-refractivity contribution is 6.04. The lowest BCUT2D eigenvalue weighted by Gasteiger charge is -2.10. The summed E-state index contributed by atoms with van der Waals surface area (Å²) in [6.07, 6.45) is -0.105. The number of ether oxygens (including phenoxy) is 1. The largest absolute Gasteiger partial charge is 0.460 e. The van der Waals surface area contributed by atoms with Crippen molar-refractivity contribution in [3.8, 4) is 23.1 Å². The van der Waals surface area contributed by atoms with Gasteiger partial charge in [0, 0.05) is 16.8 Å². The smallest absolute Gasteiger partial charge is 0.336 e. The molecule has 0 aliphatic carbocycles. The molecule has 4 rings (SSSR count). The number of hydrogen-bond acceptors (Lipinski definition) is 4. The number of carbonyl (C=O) groups excluding carboxylic acids is 1. The number of aromatic nitrogens is 3. The average molecular weight is 430 g/mol. The third-order valence-corrected chi connectivity index (χ3v) is 4.69. The number of anilines is 1. The van der Waals surface area contributed by atoms with E-state index in [-0.39, 0.29) is 23.8 Å². The molecule has 162 valence electrons. The van der Waals surface area contributed by atoms with Gasteiger partial charge in [-0.3, -0.25) is 4.79 Å². The van der Waals surface area contributed by atoms with Crippen LogP contribution >= 0.6 is 0 Å². The van der Waals surface area contributed by atoms with Crippen molar-refractivity contribution in [2.75, 3.05) is 5.32 Å². The third-order valence-electron chi connectivity index (χ3n) is 4.69. The molecule has 0 saturated carbocycles. The van der Waals surface area contributed by atoms with Crippen molar-refractivity contribution in [3.05, 3.63) is 89.7 Å². The van der Waals surface area contributed by atoms with Crippen LogP contribution in [0.2, 0.25) is 0 Å². The highest BCUT2D eigenvalue weighted by Crippen LogP contribution is 2.26. The van der Waals surface area contributed by atoms with Crippen LogP contribution in [0, 0.1) is 12.7 Å². The number of halogens is 1. The van der Waals surface area contributed by atoms with Gasteiger partial charge in [-0.2, -0.15) is 4.98 Å². The molecule has 0 fully saturated rings. The van der Waals surface area contributed by atoms with E-state index in [9.17, 15) is 9.18 Å². The molecule has 3 aromatic carbocycles. The number of aryl methyl sites for hydroxylation is 1. The topological polar surface area (TPSA) is 69.0 Å². The van der Waals surface area contributed by atoms with Crippen molar-refractivity contribution >= 4 is 11.6 Å². The monoisotopic (exact) mass is 430 g/mol. The molecule has 0 unspecified atom stereocenters. The van der Waals surface area contributed by atoms with Crippen molar-refractivity contribution in [2.45, 2.75) is 26.9 Å². The predicted octanol–water partition coefficient (Wildman–Crippen LogP) is 5.42. The van der Waals surface area contributed by atoms with Crippen molar-refractivity contribution in [3.63, 3.8) is 0 Å². The van der Waals surface area contributed by atoms with Gasteiger partial charge in [-0.25, -0.2) is 9.07 Å². The Morgan fingerprint density at radius 3 is 2.44 bits per heavy atom. The van der Waals surface area contributed by atoms with Crippen molar-refractivity contribution in [1.82, 2.24) is 14.8 Å². The molecular formula is C25H23FN4O2. The van der Waals surface area contributed by atoms with E-state index < -0.39 is 0 Å². The summed E-state index contributed by atoms with van der Waals surface area (Å²) in [6.45, 7) is 5.75. The molecule has 7 heteroatoms. The number of hydrogen-bond donors (Lipinski definition) is 1. The fourth-order valence-corrected chi connectivity index (χ4v) is 3.14. The Labute approximate surface area is 185 Å². The summed E-state index contributed by atoms with van der Waals surface area (Å²) < 4.78 is 20.7. The molecule has 0 aliphatic rings. The number of carbonyl (C=O) groups is 1. The van der Waals surface area contributed by atoms with Crippen LogP contribution in [0.4, 0.5) is 10.1 Å². The van der Waals surface area contributed by atoms with Gasteiger partial charge in [-0.05, 0) is 75.4 Å². The number of nitrogens with one attached hydrogen (secondary N) is 1. The summed E-state index contributed by atoms with van der Waals surface area (Å²) in [5, 5.41) is 7.40. The van der Waals surface area contributed by atoms with Crippen molar-refractivity contribution < 1.29 is 13.9 Å². The molecule has 0 radical (unpaired) electrons. The lowest BCUT2D eigenvalue weighted by atomic mass is 10.1. The van der Waals surface area contributed by atoms with Gasteiger partial charge < -0.3 is 10.1 Å². The normalized spacial score (nSPS) is 10.9. The average Bonchev–Trinajstić information content (AvgIpc) is 3.18. The zero-order valence-corrected chi connectivity index (χ0v) is 18.0. The minimum atomic E-state index is -0.334. The summed E-state index contributed by atoms with van der Waals surface area (Å²) in [6, 6.07) is 20.9. The van der Waals surface area contributed by atoms with E-state index in [1.807, 2.05) is 45.0 Å². The van der Waals surface area contributed by atoms with Crippen molar-refractivity contribution in [2.24, 2.45) is 0 Å². The minimum Gasteiger partial charge on any atom is -0.460 e. The van der Waals surface area contributed by atoms with E-state index in [2.05, 4.69) is 15.4 Å². The number of rotatable bonds is 6. The first-order chi connectivity index (χ1) is 15.4. The zero-order chi connectivity index (χ0) is 22.7. The van der Waals surface area contributed by atoms with Gasteiger partial charge in [0.25, 0.3) is 5.91 Å². The van der Waals surface area contributed by atoms with Gasteiger partial charge in [-0.15, -0.1) is 5.10 Å². The Balaban J connectivity index is 1.68. The van der Waals surface area contributed by atoms with Crippen LogP contribution in [0.3, 0.4) is 0 Å². The fourth-order valence-electron chi connectivity index (χ4n) is 3.14. The fraction of sp³-hybridized carbons (Fsp3) is 0.160. The Hall–Kier alpha value is -4.00. The van der Waals surface area contributed by atoms with Gasteiger partial charge in [0.05, 0.1) is 11.8 Å². The van der Waals surface area contributed by atoms with Gasteiger partial charge in [0.15, 0.2) is 5.82 Å². The molecule has 6 nitrogen and oxygen atoms in total. The summed E-state index contributed by atoms with van der Waals surface area (Å²) in [5.74, 6) is -0.0368. The zero-order valence-electron chi connectivity index (χ0n) is 18.0. The first kappa shape index (κ1) is 21.2. The summed E-state index contributed by atoms with van der Waals surface area (Å²) in [4.78, 5) is 17.1. The Kier molecular flexibility index (Phi) is 5.98. The third kappa shape index (κ3) is 4.83. The van der Waals surface area contributed by atoms with Gasteiger partial charge in [0.2, 0.25) is 0 Å². The lowest BCUT2D eigenvalue weighted by Crippen LogP contribution is -2.12. The number of benzene rings is 3. The molecule has 32 heavy (non-hydrogen) atoms. The minimum absolute atomic E-state index is 0.105. The van der Waals surface area contributed by atoms with Gasteiger partial charge >= 0.3 is 6.01 Å². The summed E-state index contributed by atoms with van der Waals surface area (Å²) in [7, 11) is 0. The molecular weight excluding hydrogens is 407 g/mol. The standard InChI is InChI=1S/C25H23FN4O2/c1-16(2)32-25-28-23(18-11-13-20(26)14-12-18)30(29-25)22-6-4-5-21(15-22)27-24(31)19-9-7-17(3)8-10-19/h4-16H,1-3H3,(H,27,31). The second-order valence-electron chi connectivity index (χ2n) is 7.67. The molecule has 4 aromatic rings. The first-order valence-electron chi connectivity index (χ1n) is 10.3. The van der Waals surface area contributed by atoms with Gasteiger partial charge in [0.1, 0.15) is 5.82 Å². The first-order valence-corrected chi connectivity index (χ1v) is 10.3. The molecule has 0 atom stereocenters. The maximum atomic E-state index is 13.4. The van der Waals surface area contributed by atoms with Crippen LogP contribution in [0.5, 0.6) is 6.01 Å². The van der Waals surface area contributed by atoms with Crippen LogP contribution in [-0.2, 0) is 0 Å². The number of nitrogens with zero attached hydrogens (tertiary/aromatic N) is 3. The van der Waals surface area contributed by atoms with Gasteiger partial charge in [-0.1, -0.05) is 23.8 Å². The van der Waals surface area contributed by atoms with E-state index in [1.54, 1.807) is 41.1 Å². The Bertz CT molecular complexity index is 1230. The maximum Gasteiger partial charge on any atom is 0.336 e. The van der Waals surface area contributed by atoms with Crippen molar-refractivity contribution in [1.29, 1.82) is 0 Å². The van der Waals surface area contributed by atoms with Crippen LogP contribution in [0.25, 0.3) is 17.1 Å².